The molecule has 0 saturated carbocycles. The fraction of sp³-hybridized carbons (Fsp3) is 0.267. The summed E-state index contributed by atoms with van der Waals surface area (Å²) in [7, 11) is -3.42. The zero-order valence-corrected chi connectivity index (χ0v) is 12.6. The van der Waals surface area contributed by atoms with Crippen LogP contribution in [-0.4, -0.2) is 18.5 Å². The number of hydrogen-bond acceptors (Lipinski definition) is 4. The molecular weight excluding hydrogens is 288 g/mol. The Balaban J connectivity index is 2.00. The van der Waals surface area contributed by atoms with E-state index in [1.54, 1.807) is 30.5 Å². The van der Waals surface area contributed by atoms with E-state index in [-0.39, 0.29) is 18.9 Å². The molecule has 2 rings (SSSR count). The van der Waals surface area contributed by atoms with E-state index in [0.29, 0.717) is 5.56 Å². The number of rotatable bonds is 6. The van der Waals surface area contributed by atoms with Crippen molar-refractivity contribution in [2.75, 3.05) is 0 Å². The Morgan fingerprint density at radius 2 is 1.81 bits per heavy atom. The second kappa shape index (κ2) is 6.80. The largest absolute Gasteiger partial charge is 0.392 e. The van der Waals surface area contributed by atoms with Crippen LogP contribution in [0, 0.1) is 6.92 Å². The lowest BCUT2D eigenvalue weighted by atomic mass is 10.2. The molecule has 0 unspecified atom stereocenters. The maximum atomic E-state index is 12.1. The molecule has 0 atom stereocenters. The molecule has 0 spiro atoms. The van der Waals surface area contributed by atoms with Crippen molar-refractivity contribution in [1.82, 2.24) is 9.71 Å². The van der Waals surface area contributed by atoms with Gasteiger partial charge in [-0.25, -0.2) is 13.1 Å². The quantitative estimate of drug-likeness (QED) is 0.847. The van der Waals surface area contributed by atoms with Gasteiger partial charge in [0.05, 0.1) is 24.6 Å². The minimum Gasteiger partial charge on any atom is -0.392 e. The zero-order valence-electron chi connectivity index (χ0n) is 11.8. The van der Waals surface area contributed by atoms with E-state index in [9.17, 15) is 8.42 Å². The maximum absolute atomic E-state index is 12.1. The van der Waals surface area contributed by atoms with Crippen molar-refractivity contribution in [3.63, 3.8) is 0 Å². The van der Waals surface area contributed by atoms with Crippen LogP contribution in [0.1, 0.15) is 22.4 Å². The maximum Gasteiger partial charge on any atom is 0.216 e. The highest BCUT2D eigenvalue weighted by Gasteiger charge is 2.12. The SMILES string of the molecule is Cc1cccnc1CNS(=O)(=O)Cc1ccc(CO)cc1. The van der Waals surface area contributed by atoms with Gasteiger partial charge in [0.25, 0.3) is 0 Å². The molecule has 5 nitrogen and oxygen atoms in total. The summed E-state index contributed by atoms with van der Waals surface area (Å²) in [6.07, 6.45) is 1.64. The van der Waals surface area contributed by atoms with Crippen LogP contribution < -0.4 is 4.72 Å². The molecule has 0 amide bonds. The van der Waals surface area contributed by atoms with Gasteiger partial charge < -0.3 is 5.11 Å². The molecule has 0 fully saturated rings. The highest BCUT2D eigenvalue weighted by molar-refractivity contribution is 7.88. The predicted octanol–water partition coefficient (Wildman–Crippen LogP) is 1.50. The van der Waals surface area contributed by atoms with Gasteiger partial charge in [-0.05, 0) is 29.7 Å². The highest BCUT2D eigenvalue weighted by atomic mass is 32.2. The number of nitrogens with zero attached hydrogens (tertiary/aromatic N) is 1. The van der Waals surface area contributed by atoms with Gasteiger partial charge in [0.2, 0.25) is 10.0 Å². The first kappa shape index (κ1) is 15.6. The Hall–Kier alpha value is -1.76. The summed E-state index contributed by atoms with van der Waals surface area (Å²) in [4.78, 5) is 4.16. The van der Waals surface area contributed by atoms with Crippen molar-refractivity contribution in [3.8, 4) is 0 Å². The van der Waals surface area contributed by atoms with Gasteiger partial charge in [-0.3, -0.25) is 4.98 Å². The lowest BCUT2D eigenvalue weighted by Crippen LogP contribution is -2.25. The van der Waals surface area contributed by atoms with Crippen LogP contribution in [0.4, 0.5) is 0 Å². The molecule has 0 aliphatic rings. The second-order valence-corrected chi connectivity index (χ2v) is 6.63. The van der Waals surface area contributed by atoms with Crippen LogP contribution >= 0.6 is 0 Å². The van der Waals surface area contributed by atoms with E-state index in [1.165, 1.54) is 0 Å². The third-order valence-corrected chi connectivity index (χ3v) is 4.44. The Labute approximate surface area is 124 Å². The molecular formula is C15H18N2O3S. The van der Waals surface area contributed by atoms with Crippen molar-refractivity contribution in [1.29, 1.82) is 0 Å². The van der Waals surface area contributed by atoms with Crippen LogP contribution in [0.25, 0.3) is 0 Å². The lowest BCUT2D eigenvalue weighted by molar-refractivity contribution is 0.282. The summed E-state index contributed by atoms with van der Waals surface area (Å²) in [5.74, 6) is -0.0927. The van der Waals surface area contributed by atoms with Gasteiger partial charge in [0.15, 0.2) is 0 Å². The number of aromatic nitrogens is 1. The fourth-order valence-corrected chi connectivity index (χ4v) is 2.98. The van der Waals surface area contributed by atoms with Gasteiger partial charge >= 0.3 is 0 Å². The Morgan fingerprint density at radius 3 is 2.43 bits per heavy atom. The van der Waals surface area contributed by atoms with Crippen LogP contribution in [0.3, 0.4) is 0 Å². The second-order valence-electron chi connectivity index (χ2n) is 4.82. The standard InChI is InChI=1S/C15H18N2O3S/c1-12-3-2-8-16-15(12)9-17-21(19,20)11-14-6-4-13(10-18)5-7-14/h2-8,17-18H,9-11H2,1H3. The Bertz CT molecular complexity index is 697. The molecule has 112 valence electrons. The number of sulfonamides is 1. The summed E-state index contributed by atoms with van der Waals surface area (Å²) >= 11 is 0. The minimum atomic E-state index is -3.42. The molecule has 1 heterocycles. The van der Waals surface area contributed by atoms with E-state index < -0.39 is 10.0 Å². The smallest absolute Gasteiger partial charge is 0.216 e. The number of benzene rings is 1. The molecule has 1 aromatic carbocycles. The third-order valence-electron chi connectivity index (χ3n) is 3.14. The first-order valence-electron chi connectivity index (χ1n) is 6.57. The van der Waals surface area contributed by atoms with Crippen LogP contribution in [0.5, 0.6) is 0 Å². The van der Waals surface area contributed by atoms with Crippen molar-refractivity contribution >= 4 is 10.0 Å². The molecule has 0 saturated heterocycles. The number of hydrogen-bond donors (Lipinski definition) is 2. The summed E-state index contributed by atoms with van der Waals surface area (Å²) < 4.78 is 26.7. The molecule has 21 heavy (non-hydrogen) atoms. The number of aryl methyl sites for hydroxylation is 1. The molecule has 2 aromatic rings. The van der Waals surface area contributed by atoms with Crippen LogP contribution in [-0.2, 0) is 28.9 Å². The van der Waals surface area contributed by atoms with Crippen molar-refractivity contribution in [2.45, 2.75) is 25.8 Å². The lowest BCUT2D eigenvalue weighted by Gasteiger charge is -2.08. The molecule has 2 N–H and O–H groups in total. The average Bonchev–Trinajstić information content (AvgIpc) is 2.47. The van der Waals surface area contributed by atoms with Gasteiger partial charge in [-0.1, -0.05) is 30.3 Å². The molecule has 0 bridgehead atoms. The van der Waals surface area contributed by atoms with E-state index in [0.717, 1.165) is 16.8 Å². The molecule has 0 radical (unpaired) electrons. The first-order valence-corrected chi connectivity index (χ1v) is 8.22. The first-order chi connectivity index (χ1) is 10.00. The van der Waals surface area contributed by atoms with E-state index in [4.69, 9.17) is 5.11 Å². The topological polar surface area (TPSA) is 79.3 Å². The molecule has 0 aliphatic carbocycles. The van der Waals surface area contributed by atoms with Gasteiger partial charge in [-0.15, -0.1) is 0 Å². The van der Waals surface area contributed by atoms with Crippen molar-refractivity contribution < 1.29 is 13.5 Å². The normalized spacial score (nSPS) is 11.5. The summed E-state index contributed by atoms with van der Waals surface area (Å²) in [6, 6.07) is 10.6. The summed E-state index contributed by atoms with van der Waals surface area (Å²) in [5.41, 5.74) is 3.11. The summed E-state index contributed by atoms with van der Waals surface area (Å²) in [6.45, 7) is 2.03. The zero-order chi connectivity index (χ0) is 15.3. The number of aliphatic hydroxyl groups is 1. The average molecular weight is 306 g/mol. The van der Waals surface area contributed by atoms with E-state index in [1.807, 2.05) is 19.1 Å². The number of pyridine rings is 1. The third kappa shape index (κ3) is 4.63. The fourth-order valence-electron chi connectivity index (χ4n) is 1.89. The Morgan fingerprint density at radius 1 is 1.14 bits per heavy atom. The summed E-state index contributed by atoms with van der Waals surface area (Å²) in [5, 5.41) is 8.96. The van der Waals surface area contributed by atoms with Crippen molar-refractivity contribution in [2.24, 2.45) is 0 Å². The highest BCUT2D eigenvalue weighted by Crippen LogP contribution is 2.09. The van der Waals surface area contributed by atoms with E-state index >= 15 is 0 Å². The number of nitrogens with one attached hydrogen (secondary N) is 1. The van der Waals surface area contributed by atoms with E-state index in [2.05, 4.69) is 9.71 Å². The molecule has 6 heteroatoms. The van der Waals surface area contributed by atoms with Gasteiger partial charge in [0, 0.05) is 6.20 Å². The predicted molar refractivity (Wildman–Crippen MR) is 80.8 cm³/mol. The monoisotopic (exact) mass is 306 g/mol. The van der Waals surface area contributed by atoms with Gasteiger partial charge in [-0.2, -0.15) is 0 Å². The minimum absolute atomic E-state index is 0.0514. The van der Waals surface area contributed by atoms with Gasteiger partial charge in [0.1, 0.15) is 0 Å². The van der Waals surface area contributed by atoms with Crippen LogP contribution in [0.2, 0.25) is 0 Å². The molecule has 1 aromatic heterocycles. The van der Waals surface area contributed by atoms with Crippen LogP contribution in [0.15, 0.2) is 42.6 Å². The Kier molecular flexibility index (Phi) is 5.06. The number of aliphatic hydroxyl groups excluding tert-OH is 1. The molecule has 0 aliphatic heterocycles. The van der Waals surface area contributed by atoms with Crippen molar-refractivity contribution in [3.05, 3.63) is 65.0 Å².